The summed E-state index contributed by atoms with van der Waals surface area (Å²) in [6.07, 6.45) is 5.56. The Hall–Kier alpha value is -0.470. The third kappa shape index (κ3) is 3.35. The van der Waals surface area contributed by atoms with Gasteiger partial charge < -0.3 is 9.73 Å². The maximum absolute atomic E-state index is 5.66. The van der Waals surface area contributed by atoms with Gasteiger partial charge in [0, 0.05) is 0 Å². The molecule has 14 heavy (non-hydrogen) atoms. The van der Waals surface area contributed by atoms with Crippen molar-refractivity contribution in [2.24, 2.45) is 5.92 Å². The minimum absolute atomic E-state index is 0.472. The normalized spacial score (nSPS) is 16.1. The van der Waals surface area contributed by atoms with Crippen LogP contribution in [0, 0.1) is 5.92 Å². The second-order valence-corrected chi connectivity index (χ2v) is 4.34. The molecule has 2 nitrogen and oxygen atoms in total. The van der Waals surface area contributed by atoms with E-state index in [4.69, 9.17) is 16.0 Å². The van der Waals surface area contributed by atoms with Crippen LogP contribution in [0.25, 0.3) is 0 Å². The summed E-state index contributed by atoms with van der Waals surface area (Å²) in [5.74, 6) is 1.95. The van der Waals surface area contributed by atoms with E-state index >= 15 is 0 Å². The molecule has 1 aromatic heterocycles. The van der Waals surface area contributed by atoms with Crippen LogP contribution in [0.4, 0.5) is 0 Å². The van der Waals surface area contributed by atoms with Crippen LogP contribution in [-0.2, 0) is 6.54 Å². The smallest absolute Gasteiger partial charge is 0.193 e. The fraction of sp³-hybridized carbons (Fsp3) is 0.636. The first-order chi connectivity index (χ1) is 6.84. The van der Waals surface area contributed by atoms with E-state index in [0.717, 1.165) is 24.8 Å². The number of halogens is 1. The van der Waals surface area contributed by atoms with Gasteiger partial charge in [-0.2, -0.15) is 0 Å². The van der Waals surface area contributed by atoms with E-state index in [9.17, 15) is 0 Å². The van der Waals surface area contributed by atoms with Gasteiger partial charge >= 0.3 is 0 Å². The fourth-order valence-corrected chi connectivity index (χ4v) is 1.74. The lowest BCUT2D eigenvalue weighted by molar-refractivity contribution is 0.478. The van der Waals surface area contributed by atoms with Gasteiger partial charge in [0.2, 0.25) is 0 Å². The summed E-state index contributed by atoms with van der Waals surface area (Å²) in [7, 11) is 0. The van der Waals surface area contributed by atoms with Crippen molar-refractivity contribution in [3.63, 3.8) is 0 Å². The predicted molar refractivity (Wildman–Crippen MR) is 57.4 cm³/mol. The zero-order chi connectivity index (χ0) is 9.80. The molecule has 1 N–H and O–H groups in total. The number of hydrogen-bond acceptors (Lipinski definition) is 2. The molecule has 1 heterocycles. The maximum Gasteiger partial charge on any atom is 0.193 e. The summed E-state index contributed by atoms with van der Waals surface area (Å²) >= 11 is 5.66. The van der Waals surface area contributed by atoms with E-state index in [1.165, 1.54) is 25.7 Å². The summed E-state index contributed by atoms with van der Waals surface area (Å²) in [6.45, 7) is 1.87. The van der Waals surface area contributed by atoms with Crippen LogP contribution in [0.2, 0.25) is 5.22 Å². The SMILES string of the molecule is Clc1ccc(CNCCCC2CC2)o1. The van der Waals surface area contributed by atoms with Crippen LogP contribution in [0.1, 0.15) is 31.4 Å². The Labute approximate surface area is 89.6 Å². The molecular formula is C11H16ClNO. The molecule has 0 amide bonds. The van der Waals surface area contributed by atoms with Crippen molar-refractivity contribution >= 4 is 11.6 Å². The van der Waals surface area contributed by atoms with Crippen molar-refractivity contribution in [1.29, 1.82) is 0 Å². The van der Waals surface area contributed by atoms with Crippen LogP contribution >= 0.6 is 11.6 Å². The van der Waals surface area contributed by atoms with Crippen molar-refractivity contribution in [3.05, 3.63) is 23.1 Å². The Bertz CT molecular complexity index is 281. The second-order valence-electron chi connectivity index (χ2n) is 3.97. The first kappa shape index (κ1) is 10.1. The van der Waals surface area contributed by atoms with E-state index in [1.54, 1.807) is 6.07 Å². The summed E-state index contributed by atoms with van der Waals surface area (Å²) < 4.78 is 5.23. The number of nitrogens with one attached hydrogen (secondary N) is 1. The molecule has 2 rings (SSSR count). The van der Waals surface area contributed by atoms with Crippen molar-refractivity contribution in [2.75, 3.05) is 6.54 Å². The largest absolute Gasteiger partial charge is 0.448 e. The predicted octanol–water partition coefficient (Wildman–Crippen LogP) is 3.21. The highest BCUT2D eigenvalue weighted by Gasteiger charge is 2.19. The van der Waals surface area contributed by atoms with Crippen LogP contribution in [0.3, 0.4) is 0 Å². The highest BCUT2D eigenvalue weighted by molar-refractivity contribution is 6.28. The molecule has 0 spiro atoms. The minimum Gasteiger partial charge on any atom is -0.448 e. The molecule has 3 heteroatoms. The molecule has 0 aliphatic heterocycles. The zero-order valence-corrected chi connectivity index (χ0v) is 9.02. The molecule has 0 aromatic carbocycles. The Morgan fingerprint density at radius 1 is 1.43 bits per heavy atom. The van der Waals surface area contributed by atoms with Crippen molar-refractivity contribution in [1.82, 2.24) is 5.32 Å². The lowest BCUT2D eigenvalue weighted by Crippen LogP contribution is -2.14. The quantitative estimate of drug-likeness (QED) is 0.735. The van der Waals surface area contributed by atoms with Crippen molar-refractivity contribution < 1.29 is 4.42 Å². The molecule has 0 saturated heterocycles. The molecule has 1 aromatic rings. The molecule has 1 aliphatic carbocycles. The van der Waals surface area contributed by atoms with Gasteiger partial charge in [-0.05, 0) is 49.0 Å². The van der Waals surface area contributed by atoms with Crippen LogP contribution < -0.4 is 5.32 Å². The average molecular weight is 214 g/mol. The van der Waals surface area contributed by atoms with Gasteiger partial charge in [0.05, 0.1) is 6.54 Å². The van der Waals surface area contributed by atoms with Crippen LogP contribution in [0.15, 0.2) is 16.5 Å². The topological polar surface area (TPSA) is 25.2 Å². The standard InChI is InChI=1S/C11H16ClNO/c12-11-6-5-10(14-11)8-13-7-1-2-9-3-4-9/h5-6,9,13H,1-4,7-8H2. The van der Waals surface area contributed by atoms with Gasteiger partial charge in [0.25, 0.3) is 0 Å². The lowest BCUT2D eigenvalue weighted by atomic mass is 10.2. The lowest BCUT2D eigenvalue weighted by Gasteiger charge is -2.01. The Kier molecular flexibility index (Phi) is 3.49. The first-order valence-corrected chi connectivity index (χ1v) is 5.67. The van der Waals surface area contributed by atoms with Crippen molar-refractivity contribution in [2.45, 2.75) is 32.2 Å². The molecule has 1 fully saturated rings. The highest BCUT2D eigenvalue weighted by Crippen LogP contribution is 2.33. The second kappa shape index (κ2) is 4.85. The first-order valence-electron chi connectivity index (χ1n) is 5.29. The third-order valence-electron chi connectivity index (χ3n) is 2.59. The molecule has 0 unspecified atom stereocenters. The van der Waals surface area contributed by atoms with Crippen molar-refractivity contribution in [3.8, 4) is 0 Å². The summed E-state index contributed by atoms with van der Waals surface area (Å²) in [4.78, 5) is 0. The van der Waals surface area contributed by atoms with E-state index in [0.29, 0.717) is 5.22 Å². The van der Waals surface area contributed by atoms with Gasteiger partial charge in [-0.3, -0.25) is 0 Å². The molecule has 0 bridgehead atoms. The average Bonchev–Trinajstić information content (AvgIpc) is 2.89. The molecule has 78 valence electrons. The van der Waals surface area contributed by atoms with E-state index in [2.05, 4.69) is 5.32 Å². The van der Waals surface area contributed by atoms with Crippen LogP contribution in [-0.4, -0.2) is 6.54 Å². The summed E-state index contributed by atoms with van der Waals surface area (Å²) in [5, 5.41) is 3.82. The monoisotopic (exact) mass is 213 g/mol. The Morgan fingerprint density at radius 2 is 2.29 bits per heavy atom. The molecule has 1 saturated carbocycles. The molecule has 1 aliphatic rings. The van der Waals surface area contributed by atoms with Gasteiger partial charge in [-0.1, -0.05) is 12.8 Å². The number of furan rings is 1. The maximum atomic E-state index is 5.66. The number of hydrogen-bond donors (Lipinski definition) is 1. The fourth-order valence-electron chi connectivity index (χ4n) is 1.58. The van der Waals surface area contributed by atoms with Gasteiger partial charge in [0.15, 0.2) is 5.22 Å². The Balaban J connectivity index is 1.53. The molecule has 0 atom stereocenters. The van der Waals surface area contributed by atoms with Gasteiger partial charge in [-0.15, -0.1) is 0 Å². The minimum atomic E-state index is 0.472. The van der Waals surface area contributed by atoms with Gasteiger partial charge in [0.1, 0.15) is 5.76 Å². The summed E-state index contributed by atoms with van der Waals surface area (Å²) in [5.41, 5.74) is 0. The van der Waals surface area contributed by atoms with Gasteiger partial charge in [-0.25, -0.2) is 0 Å². The highest BCUT2D eigenvalue weighted by atomic mass is 35.5. The van der Waals surface area contributed by atoms with E-state index < -0.39 is 0 Å². The third-order valence-corrected chi connectivity index (χ3v) is 2.79. The number of rotatable bonds is 6. The summed E-state index contributed by atoms with van der Waals surface area (Å²) in [6, 6.07) is 3.69. The zero-order valence-electron chi connectivity index (χ0n) is 8.26. The molecule has 0 radical (unpaired) electrons. The van der Waals surface area contributed by atoms with E-state index in [-0.39, 0.29) is 0 Å². The van der Waals surface area contributed by atoms with Crippen LogP contribution in [0.5, 0.6) is 0 Å². The Morgan fingerprint density at radius 3 is 2.93 bits per heavy atom. The van der Waals surface area contributed by atoms with E-state index in [1.807, 2.05) is 6.07 Å². The molecular weight excluding hydrogens is 198 g/mol.